The molecule has 2 aromatic rings. The van der Waals surface area contributed by atoms with Gasteiger partial charge in [0.1, 0.15) is 11.6 Å². The first-order valence-corrected chi connectivity index (χ1v) is 8.56. The molecule has 4 rings (SSSR count). The summed E-state index contributed by atoms with van der Waals surface area (Å²) in [6.07, 6.45) is 1.04. The van der Waals surface area contributed by atoms with Crippen LogP contribution in [0.5, 0.6) is 0 Å². The molecule has 1 unspecified atom stereocenters. The Bertz CT molecular complexity index is 879. The Morgan fingerprint density at radius 3 is 2.65 bits per heavy atom. The summed E-state index contributed by atoms with van der Waals surface area (Å²) in [5.41, 5.74) is 1.49. The van der Waals surface area contributed by atoms with E-state index in [1.54, 1.807) is 23.1 Å². The van der Waals surface area contributed by atoms with Crippen molar-refractivity contribution in [2.24, 2.45) is 0 Å². The van der Waals surface area contributed by atoms with Crippen molar-refractivity contribution in [1.29, 1.82) is 0 Å². The number of rotatable bonds is 4. The highest BCUT2D eigenvalue weighted by molar-refractivity contribution is 5.95. The predicted octanol–water partition coefficient (Wildman–Crippen LogP) is 3.24. The van der Waals surface area contributed by atoms with E-state index in [2.05, 4.69) is 0 Å². The minimum atomic E-state index is -0.915. The van der Waals surface area contributed by atoms with E-state index in [9.17, 15) is 18.4 Å². The standard InChI is InChI=1S/C20H17F2NO3/c21-14-6-5-13(17(22)10-14)11-23(15-7-8-15)19(24)18-9-12-3-1-2-4-16(12)20(25)26-18/h1-6,10,15,18H,7-9,11H2. The molecule has 2 aromatic carbocycles. The van der Waals surface area contributed by atoms with Crippen LogP contribution in [0.3, 0.4) is 0 Å². The van der Waals surface area contributed by atoms with E-state index in [1.807, 2.05) is 6.07 Å². The summed E-state index contributed by atoms with van der Waals surface area (Å²) in [5, 5.41) is 0. The number of benzene rings is 2. The molecule has 1 fully saturated rings. The van der Waals surface area contributed by atoms with Gasteiger partial charge in [0.25, 0.3) is 5.91 Å². The van der Waals surface area contributed by atoms with Crippen molar-refractivity contribution in [2.45, 2.75) is 38.0 Å². The lowest BCUT2D eigenvalue weighted by Crippen LogP contribution is -2.45. The summed E-state index contributed by atoms with van der Waals surface area (Å²) in [5.74, 6) is -2.20. The lowest BCUT2D eigenvalue weighted by molar-refractivity contribution is -0.142. The van der Waals surface area contributed by atoms with E-state index in [1.165, 1.54) is 12.1 Å². The second-order valence-electron chi connectivity index (χ2n) is 6.69. The van der Waals surface area contributed by atoms with Crippen molar-refractivity contribution < 1.29 is 23.1 Å². The third-order valence-corrected chi connectivity index (χ3v) is 4.79. The molecular weight excluding hydrogens is 340 g/mol. The number of amides is 1. The smallest absolute Gasteiger partial charge is 0.339 e. The van der Waals surface area contributed by atoms with Crippen LogP contribution in [0.25, 0.3) is 0 Å². The molecule has 1 atom stereocenters. The van der Waals surface area contributed by atoms with Gasteiger partial charge in [-0.3, -0.25) is 4.79 Å². The minimum absolute atomic E-state index is 0.00262. The Balaban J connectivity index is 1.56. The highest BCUT2D eigenvalue weighted by Gasteiger charge is 2.39. The van der Waals surface area contributed by atoms with Gasteiger partial charge in [0.05, 0.1) is 5.56 Å². The zero-order chi connectivity index (χ0) is 18.3. The molecule has 0 spiro atoms. The first kappa shape index (κ1) is 16.7. The van der Waals surface area contributed by atoms with Gasteiger partial charge in [-0.25, -0.2) is 13.6 Å². The number of nitrogens with zero attached hydrogens (tertiary/aromatic N) is 1. The number of esters is 1. The Kier molecular flexibility index (Phi) is 4.18. The molecule has 0 bridgehead atoms. The van der Waals surface area contributed by atoms with Gasteiger partial charge in [-0.15, -0.1) is 0 Å². The van der Waals surface area contributed by atoms with E-state index in [0.29, 0.717) is 12.0 Å². The van der Waals surface area contributed by atoms with E-state index in [0.717, 1.165) is 24.5 Å². The average molecular weight is 357 g/mol. The van der Waals surface area contributed by atoms with Crippen LogP contribution in [0.4, 0.5) is 8.78 Å². The maximum absolute atomic E-state index is 14.0. The number of carbonyl (C=O) groups is 2. The molecule has 6 heteroatoms. The lowest BCUT2D eigenvalue weighted by atomic mass is 9.98. The minimum Gasteiger partial charge on any atom is -0.448 e. The van der Waals surface area contributed by atoms with Crippen LogP contribution in [0.1, 0.15) is 34.3 Å². The highest BCUT2D eigenvalue weighted by Crippen LogP contribution is 2.31. The zero-order valence-corrected chi connectivity index (χ0v) is 14.0. The van der Waals surface area contributed by atoms with Gasteiger partial charge in [0.2, 0.25) is 0 Å². The monoisotopic (exact) mass is 357 g/mol. The van der Waals surface area contributed by atoms with Crippen molar-refractivity contribution >= 4 is 11.9 Å². The SMILES string of the molecule is O=C1OC(C(=O)N(Cc2ccc(F)cc2F)C2CC2)Cc2ccccc21. The number of fused-ring (bicyclic) bond motifs is 1. The van der Waals surface area contributed by atoms with Gasteiger partial charge < -0.3 is 9.64 Å². The Morgan fingerprint density at radius 1 is 1.15 bits per heavy atom. The van der Waals surface area contributed by atoms with Crippen molar-refractivity contribution in [3.63, 3.8) is 0 Å². The number of carbonyl (C=O) groups excluding carboxylic acids is 2. The third-order valence-electron chi connectivity index (χ3n) is 4.79. The molecule has 1 aliphatic heterocycles. The normalized spacial score (nSPS) is 18.8. The van der Waals surface area contributed by atoms with Crippen LogP contribution in [0.15, 0.2) is 42.5 Å². The van der Waals surface area contributed by atoms with Crippen LogP contribution in [0.2, 0.25) is 0 Å². The average Bonchev–Trinajstić information content (AvgIpc) is 3.45. The van der Waals surface area contributed by atoms with Gasteiger partial charge in [-0.2, -0.15) is 0 Å². The fourth-order valence-electron chi connectivity index (χ4n) is 3.26. The lowest BCUT2D eigenvalue weighted by Gasteiger charge is -2.30. The van der Waals surface area contributed by atoms with Crippen LogP contribution in [0, 0.1) is 11.6 Å². The molecule has 1 saturated carbocycles. The summed E-state index contributed by atoms with van der Waals surface area (Å²) in [4.78, 5) is 26.7. The van der Waals surface area contributed by atoms with Gasteiger partial charge in [-0.05, 0) is 30.5 Å². The zero-order valence-electron chi connectivity index (χ0n) is 14.0. The molecule has 134 valence electrons. The van der Waals surface area contributed by atoms with Gasteiger partial charge >= 0.3 is 5.97 Å². The molecule has 2 aliphatic rings. The maximum atomic E-state index is 14.0. The first-order chi connectivity index (χ1) is 12.5. The fourth-order valence-corrected chi connectivity index (χ4v) is 3.26. The van der Waals surface area contributed by atoms with Crippen molar-refractivity contribution in [1.82, 2.24) is 4.90 Å². The molecule has 0 radical (unpaired) electrons. The van der Waals surface area contributed by atoms with E-state index < -0.39 is 23.7 Å². The molecule has 0 aromatic heterocycles. The van der Waals surface area contributed by atoms with E-state index in [-0.39, 0.29) is 24.1 Å². The van der Waals surface area contributed by atoms with Crippen molar-refractivity contribution in [3.05, 3.63) is 70.8 Å². The Labute approximate surface area is 149 Å². The van der Waals surface area contributed by atoms with E-state index in [4.69, 9.17) is 4.74 Å². The van der Waals surface area contributed by atoms with Gasteiger partial charge in [0, 0.05) is 30.6 Å². The quantitative estimate of drug-likeness (QED) is 0.790. The molecule has 4 nitrogen and oxygen atoms in total. The summed E-state index contributed by atoms with van der Waals surface area (Å²) in [6.45, 7) is 0.0330. The second-order valence-corrected chi connectivity index (χ2v) is 6.69. The molecular formula is C20H17F2NO3. The van der Waals surface area contributed by atoms with Crippen LogP contribution < -0.4 is 0 Å². The van der Waals surface area contributed by atoms with Crippen LogP contribution >= 0.6 is 0 Å². The largest absolute Gasteiger partial charge is 0.448 e. The fraction of sp³-hybridized carbons (Fsp3) is 0.300. The highest BCUT2D eigenvalue weighted by atomic mass is 19.1. The van der Waals surface area contributed by atoms with Crippen molar-refractivity contribution in [3.8, 4) is 0 Å². The molecule has 26 heavy (non-hydrogen) atoms. The molecule has 0 saturated heterocycles. The van der Waals surface area contributed by atoms with Gasteiger partial charge in [0.15, 0.2) is 6.10 Å². The first-order valence-electron chi connectivity index (χ1n) is 8.56. The molecule has 0 N–H and O–H groups in total. The number of ether oxygens (including phenoxy) is 1. The molecule has 1 heterocycles. The maximum Gasteiger partial charge on any atom is 0.339 e. The predicted molar refractivity (Wildman–Crippen MR) is 89.3 cm³/mol. The van der Waals surface area contributed by atoms with Crippen LogP contribution in [-0.4, -0.2) is 28.9 Å². The second kappa shape index (κ2) is 6.52. The number of halogens is 2. The third kappa shape index (κ3) is 3.19. The molecule has 1 amide bonds. The Morgan fingerprint density at radius 2 is 1.92 bits per heavy atom. The number of hydrogen-bond donors (Lipinski definition) is 0. The van der Waals surface area contributed by atoms with Crippen molar-refractivity contribution in [2.75, 3.05) is 0 Å². The summed E-state index contributed by atoms with van der Waals surface area (Å²) < 4.78 is 32.4. The van der Waals surface area contributed by atoms with E-state index >= 15 is 0 Å². The van der Waals surface area contributed by atoms with Crippen LogP contribution in [-0.2, 0) is 22.5 Å². The molecule has 1 aliphatic carbocycles. The number of hydrogen-bond acceptors (Lipinski definition) is 3. The summed E-state index contributed by atoms with van der Waals surface area (Å²) >= 11 is 0. The van der Waals surface area contributed by atoms with Gasteiger partial charge in [-0.1, -0.05) is 24.3 Å². The Hall–Kier alpha value is -2.76. The summed E-state index contributed by atoms with van der Waals surface area (Å²) in [6, 6.07) is 10.4. The number of cyclic esters (lactones) is 1. The summed E-state index contributed by atoms with van der Waals surface area (Å²) in [7, 11) is 0. The topological polar surface area (TPSA) is 46.6 Å².